The van der Waals surface area contributed by atoms with Crippen molar-refractivity contribution in [2.75, 3.05) is 13.7 Å². The van der Waals surface area contributed by atoms with Crippen LogP contribution < -0.4 is 10.1 Å². The molecule has 0 aliphatic heterocycles. The molecule has 0 unspecified atom stereocenters. The van der Waals surface area contributed by atoms with E-state index in [9.17, 15) is 14.7 Å². The zero-order chi connectivity index (χ0) is 15.8. The summed E-state index contributed by atoms with van der Waals surface area (Å²) in [5.74, 6) is -0.348. The second-order valence-corrected chi connectivity index (χ2v) is 4.64. The van der Waals surface area contributed by atoms with Gasteiger partial charge in [0.15, 0.2) is 18.1 Å². The highest BCUT2D eigenvalue weighted by molar-refractivity contribution is 5.80. The quantitative estimate of drug-likeness (QED) is 0.747. The van der Waals surface area contributed by atoms with E-state index >= 15 is 0 Å². The van der Waals surface area contributed by atoms with Gasteiger partial charge in [0, 0.05) is 13.0 Å². The number of carbonyl (C=O) groups excluding carboxylic acids is 2. The maximum absolute atomic E-state index is 11.6. The van der Waals surface area contributed by atoms with Gasteiger partial charge >= 0.3 is 5.97 Å². The fraction of sp³-hybridized carbons (Fsp3) is 0.467. The third-order valence-corrected chi connectivity index (χ3v) is 2.93. The first kappa shape index (κ1) is 16.8. The first-order valence-corrected chi connectivity index (χ1v) is 6.76. The zero-order valence-corrected chi connectivity index (χ0v) is 12.6. The number of nitrogens with one attached hydrogen (secondary N) is 1. The van der Waals surface area contributed by atoms with Gasteiger partial charge in [-0.1, -0.05) is 6.92 Å². The average Bonchev–Trinajstić information content (AvgIpc) is 2.44. The van der Waals surface area contributed by atoms with Gasteiger partial charge in [0.1, 0.15) is 0 Å². The van der Waals surface area contributed by atoms with E-state index in [0.717, 1.165) is 11.1 Å². The molecule has 2 N–H and O–H groups in total. The number of benzene rings is 1. The summed E-state index contributed by atoms with van der Waals surface area (Å²) in [4.78, 5) is 22.7. The molecule has 0 aromatic heterocycles. The molecule has 0 heterocycles. The van der Waals surface area contributed by atoms with Crippen molar-refractivity contribution in [3.63, 3.8) is 0 Å². The lowest BCUT2D eigenvalue weighted by atomic mass is 10.1. The molecule has 116 valence electrons. The lowest BCUT2D eigenvalue weighted by Gasteiger charge is -2.11. The maximum Gasteiger partial charge on any atom is 0.306 e. The van der Waals surface area contributed by atoms with Gasteiger partial charge in [-0.05, 0) is 36.6 Å². The number of aromatic hydroxyl groups is 1. The molecule has 6 nitrogen and oxygen atoms in total. The van der Waals surface area contributed by atoms with Crippen molar-refractivity contribution < 1.29 is 24.2 Å². The van der Waals surface area contributed by atoms with Crippen molar-refractivity contribution in [3.05, 3.63) is 23.3 Å². The molecule has 0 radical (unpaired) electrons. The van der Waals surface area contributed by atoms with E-state index in [0.29, 0.717) is 18.6 Å². The number of phenolic OH excluding ortho intramolecular Hbond substituents is 1. The van der Waals surface area contributed by atoms with Crippen molar-refractivity contribution in [2.24, 2.45) is 0 Å². The number of hydrogen-bond acceptors (Lipinski definition) is 5. The molecule has 0 bridgehead atoms. The van der Waals surface area contributed by atoms with Gasteiger partial charge in [0.05, 0.1) is 7.11 Å². The number of amides is 1. The molecule has 1 aromatic carbocycles. The highest BCUT2D eigenvalue weighted by Crippen LogP contribution is 2.28. The van der Waals surface area contributed by atoms with Gasteiger partial charge in [0.25, 0.3) is 5.91 Å². The number of phenols is 1. The van der Waals surface area contributed by atoms with Crippen LogP contribution in [0.2, 0.25) is 0 Å². The average molecular weight is 295 g/mol. The minimum atomic E-state index is -0.380. The summed E-state index contributed by atoms with van der Waals surface area (Å²) < 4.78 is 9.83. The van der Waals surface area contributed by atoms with Gasteiger partial charge in [0.2, 0.25) is 0 Å². The summed E-state index contributed by atoms with van der Waals surface area (Å²) in [6, 6.07) is 3.23. The van der Waals surface area contributed by atoms with Crippen molar-refractivity contribution in [1.82, 2.24) is 5.32 Å². The van der Waals surface area contributed by atoms with Gasteiger partial charge < -0.3 is 19.9 Å². The van der Waals surface area contributed by atoms with Crippen LogP contribution in [0, 0.1) is 6.92 Å². The van der Waals surface area contributed by atoms with Gasteiger partial charge in [-0.25, -0.2) is 0 Å². The first-order valence-electron chi connectivity index (χ1n) is 6.76. The SMILES string of the molecule is CCCC(=O)OCC(=O)NCc1cc(OC)c(O)cc1C. The van der Waals surface area contributed by atoms with E-state index in [1.54, 1.807) is 12.1 Å². The molecule has 1 rings (SSSR count). The van der Waals surface area contributed by atoms with Crippen LogP contribution in [-0.4, -0.2) is 30.7 Å². The molecule has 0 saturated heterocycles. The number of methoxy groups -OCH3 is 1. The molecule has 6 heteroatoms. The monoisotopic (exact) mass is 295 g/mol. The van der Waals surface area contributed by atoms with Crippen LogP contribution in [0.5, 0.6) is 11.5 Å². The number of hydrogen-bond donors (Lipinski definition) is 2. The molecule has 1 aromatic rings. The molecule has 21 heavy (non-hydrogen) atoms. The van der Waals surface area contributed by atoms with Gasteiger partial charge in [-0.3, -0.25) is 9.59 Å². The smallest absolute Gasteiger partial charge is 0.306 e. The number of ether oxygens (including phenoxy) is 2. The second kappa shape index (κ2) is 8.14. The van der Waals surface area contributed by atoms with Crippen molar-refractivity contribution in [1.29, 1.82) is 0 Å². The fourth-order valence-corrected chi connectivity index (χ4v) is 1.74. The zero-order valence-electron chi connectivity index (χ0n) is 12.6. The molecule has 0 spiro atoms. The van der Waals surface area contributed by atoms with Gasteiger partial charge in [-0.15, -0.1) is 0 Å². The number of rotatable bonds is 7. The highest BCUT2D eigenvalue weighted by Gasteiger charge is 2.10. The Morgan fingerprint density at radius 1 is 1.33 bits per heavy atom. The number of aryl methyl sites for hydroxylation is 1. The standard InChI is InChI=1S/C15H21NO5/c1-4-5-15(19)21-9-14(18)16-8-11-7-13(20-3)12(17)6-10(11)2/h6-7,17H,4-5,8-9H2,1-3H3,(H,16,18). The molecule has 1 amide bonds. The summed E-state index contributed by atoms with van der Waals surface area (Å²) >= 11 is 0. The Hall–Kier alpha value is -2.24. The predicted molar refractivity (Wildman–Crippen MR) is 77.1 cm³/mol. The summed E-state index contributed by atoms with van der Waals surface area (Å²) in [7, 11) is 1.46. The number of carbonyl (C=O) groups is 2. The third-order valence-electron chi connectivity index (χ3n) is 2.93. The Morgan fingerprint density at radius 2 is 2.05 bits per heavy atom. The molecule has 0 atom stereocenters. The van der Waals surface area contributed by atoms with E-state index in [-0.39, 0.29) is 30.8 Å². The maximum atomic E-state index is 11.6. The first-order chi connectivity index (χ1) is 9.97. The van der Waals surface area contributed by atoms with Crippen molar-refractivity contribution in [2.45, 2.75) is 33.2 Å². The molecule has 0 saturated carbocycles. The predicted octanol–water partition coefficient (Wildman–Crippen LogP) is 1.67. The lowest BCUT2D eigenvalue weighted by molar-refractivity contribution is -0.148. The van der Waals surface area contributed by atoms with Crippen LogP contribution in [0.3, 0.4) is 0 Å². The van der Waals surface area contributed by atoms with E-state index in [4.69, 9.17) is 9.47 Å². The minimum absolute atomic E-state index is 0.0542. The van der Waals surface area contributed by atoms with Crippen LogP contribution in [0.25, 0.3) is 0 Å². The largest absolute Gasteiger partial charge is 0.504 e. The third kappa shape index (κ3) is 5.33. The van der Waals surface area contributed by atoms with Crippen LogP contribution >= 0.6 is 0 Å². The minimum Gasteiger partial charge on any atom is -0.504 e. The molecular formula is C15H21NO5. The summed E-state index contributed by atoms with van der Waals surface area (Å²) in [5, 5.41) is 12.3. The Balaban J connectivity index is 2.51. The summed E-state index contributed by atoms with van der Waals surface area (Å²) in [5.41, 5.74) is 1.65. The van der Waals surface area contributed by atoms with E-state index < -0.39 is 0 Å². The topological polar surface area (TPSA) is 84.9 Å². The summed E-state index contributed by atoms with van der Waals surface area (Å²) in [6.45, 7) is 3.67. The lowest BCUT2D eigenvalue weighted by Crippen LogP contribution is -2.28. The van der Waals surface area contributed by atoms with E-state index in [2.05, 4.69) is 5.32 Å². The molecule has 0 aliphatic carbocycles. The number of esters is 1. The Morgan fingerprint density at radius 3 is 2.67 bits per heavy atom. The second-order valence-electron chi connectivity index (χ2n) is 4.64. The highest BCUT2D eigenvalue weighted by atomic mass is 16.5. The van der Waals surface area contributed by atoms with E-state index in [1.165, 1.54) is 7.11 Å². The Labute approximate surface area is 124 Å². The van der Waals surface area contributed by atoms with Crippen LogP contribution in [-0.2, 0) is 20.9 Å². The Kier molecular flexibility index (Phi) is 6.52. The molecular weight excluding hydrogens is 274 g/mol. The van der Waals surface area contributed by atoms with Crippen LogP contribution in [0.1, 0.15) is 30.9 Å². The molecule has 0 aliphatic rings. The van der Waals surface area contributed by atoms with Crippen LogP contribution in [0.15, 0.2) is 12.1 Å². The van der Waals surface area contributed by atoms with E-state index in [1.807, 2.05) is 13.8 Å². The summed E-state index contributed by atoms with van der Waals surface area (Å²) in [6.07, 6.45) is 0.995. The van der Waals surface area contributed by atoms with Crippen molar-refractivity contribution in [3.8, 4) is 11.5 Å². The van der Waals surface area contributed by atoms with Crippen molar-refractivity contribution >= 4 is 11.9 Å². The molecule has 0 fully saturated rings. The van der Waals surface area contributed by atoms with Gasteiger partial charge in [-0.2, -0.15) is 0 Å². The fourth-order valence-electron chi connectivity index (χ4n) is 1.74. The Bertz CT molecular complexity index is 513. The normalized spacial score (nSPS) is 10.0. The van der Waals surface area contributed by atoms with Crippen LogP contribution in [0.4, 0.5) is 0 Å².